The molecule has 2 aromatic carbocycles. The van der Waals surface area contributed by atoms with Crippen molar-refractivity contribution in [2.24, 2.45) is 0 Å². The topological polar surface area (TPSA) is 66.5 Å². The van der Waals surface area contributed by atoms with Crippen LogP contribution >= 0.6 is 0 Å². The average Bonchev–Trinajstić information content (AvgIpc) is 2.32. The van der Waals surface area contributed by atoms with Gasteiger partial charge in [-0.15, -0.1) is 0 Å². The SMILES string of the molecule is C=Cc1c(N)cccc1-c1ccc(O)c(O)c1. The van der Waals surface area contributed by atoms with Gasteiger partial charge in [-0.2, -0.15) is 0 Å². The van der Waals surface area contributed by atoms with Gasteiger partial charge in [-0.3, -0.25) is 0 Å². The summed E-state index contributed by atoms with van der Waals surface area (Å²) in [5.74, 6) is -0.294. The van der Waals surface area contributed by atoms with Crippen molar-refractivity contribution in [1.82, 2.24) is 0 Å². The second-order valence-electron chi connectivity index (χ2n) is 3.72. The van der Waals surface area contributed by atoms with E-state index >= 15 is 0 Å². The highest BCUT2D eigenvalue weighted by molar-refractivity contribution is 5.82. The van der Waals surface area contributed by atoms with Gasteiger partial charge in [0, 0.05) is 11.3 Å². The van der Waals surface area contributed by atoms with Crippen molar-refractivity contribution in [2.75, 3.05) is 5.73 Å². The molecule has 0 bridgehead atoms. The molecule has 17 heavy (non-hydrogen) atoms. The van der Waals surface area contributed by atoms with Crippen LogP contribution in [0, 0.1) is 0 Å². The van der Waals surface area contributed by atoms with Crippen LogP contribution in [0.5, 0.6) is 11.5 Å². The fraction of sp³-hybridized carbons (Fsp3) is 0. The summed E-state index contributed by atoms with van der Waals surface area (Å²) in [5, 5.41) is 18.8. The molecule has 0 unspecified atom stereocenters. The van der Waals surface area contributed by atoms with Gasteiger partial charge in [0.15, 0.2) is 11.5 Å². The lowest BCUT2D eigenvalue weighted by Gasteiger charge is -2.09. The molecule has 0 spiro atoms. The quantitative estimate of drug-likeness (QED) is 0.545. The van der Waals surface area contributed by atoms with E-state index in [0.717, 1.165) is 16.7 Å². The molecule has 0 atom stereocenters. The van der Waals surface area contributed by atoms with Crippen molar-refractivity contribution < 1.29 is 10.2 Å². The van der Waals surface area contributed by atoms with Gasteiger partial charge < -0.3 is 15.9 Å². The van der Waals surface area contributed by atoms with Crippen LogP contribution in [0.15, 0.2) is 43.0 Å². The van der Waals surface area contributed by atoms with E-state index in [0.29, 0.717) is 5.69 Å². The van der Waals surface area contributed by atoms with Crippen LogP contribution in [-0.2, 0) is 0 Å². The molecular formula is C14H13NO2. The van der Waals surface area contributed by atoms with Crippen LogP contribution in [0.2, 0.25) is 0 Å². The highest BCUT2D eigenvalue weighted by Gasteiger charge is 2.07. The van der Waals surface area contributed by atoms with Gasteiger partial charge in [0.05, 0.1) is 0 Å². The van der Waals surface area contributed by atoms with Crippen molar-refractivity contribution in [2.45, 2.75) is 0 Å². The molecule has 0 aliphatic carbocycles. The Morgan fingerprint density at radius 3 is 2.47 bits per heavy atom. The Kier molecular flexibility index (Phi) is 2.75. The molecule has 0 radical (unpaired) electrons. The molecule has 2 rings (SSSR count). The minimum absolute atomic E-state index is 0.141. The lowest BCUT2D eigenvalue weighted by atomic mass is 9.98. The van der Waals surface area contributed by atoms with Crippen LogP contribution in [0.25, 0.3) is 17.2 Å². The molecule has 0 saturated carbocycles. The predicted octanol–water partition coefficient (Wildman–Crippen LogP) is 2.99. The van der Waals surface area contributed by atoms with Gasteiger partial charge in [0.2, 0.25) is 0 Å². The molecule has 0 saturated heterocycles. The van der Waals surface area contributed by atoms with E-state index < -0.39 is 0 Å². The first kappa shape index (κ1) is 11.1. The van der Waals surface area contributed by atoms with Gasteiger partial charge in [-0.25, -0.2) is 0 Å². The third kappa shape index (κ3) is 1.95. The maximum atomic E-state index is 9.49. The number of nitrogen functional groups attached to an aromatic ring is 1. The summed E-state index contributed by atoms with van der Waals surface area (Å²) in [6, 6.07) is 10.2. The molecule has 0 aliphatic heterocycles. The number of phenolic OH excluding ortho intramolecular Hbond substituents is 2. The number of hydrogen-bond donors (Lipinski definition) is 3. The van der Waals surface area contributed by atoms with Gasteiger partial charge in [-0.05, 0) is 29.3 Å². The van der Waals surface area contributed by atoms with E-state index in [1.807, 2.05) is 12.1 Å². The largest absolute Gasteiger partial charge is 0.504 e. The first-order valence-electron chi connectivity index (χ1n) is 5.16. The van der Waals surface area contributed by atoms with Crippen molar-refractivity contribution in [3.8, 4) is 22.6 Å². The summed E-state index contributed by atoms with van der Waals surface area (Å²) >= 11 is 0. The third-order valence-corrected chi connectivity index (χ3v) is 2.63. The number of anilines is 1. The van der Waals surface area contributed by atoms with Gasteiger partial charge in [-0.1, -0.05) is 30.9 Å². The molecule has 3 heteroatoms. The Labute approximate surface area is 99.5 Å². The summed E-state index contributed by atoms with van der Waals surface area (Å²) in [5.41, 5.74) is 8.95. The summed E-state index contributed by atoms with van der Waals surface area (Å²) < 4.78 is 0. The van der Waals surface area contributed by atoms with Crippen LogP contribution in [0.3, 0.4) is 0 Å². The monoisotopic (exact) mass is 227 g/mol. The zero-order chi connectivity index (χ0) is 12.4. The number of rotatable bonds is 2. The van der Waals surface area contributed by atoms with Gasteiger partial charge >= 0.3 is 0 Å². The van der Waals surface area contributed by atoms with Gasteiger partial charge in [0.1, 0.15) is 0 Å². The normalized spacial score (nSPS) is 10.1. The van der Waals surface area contributed by atoms with E-state index in [1.54, 1.807) is 18.2 Å². The highest BCUT2D eigenvalue weighted by atomic mass is 16.3. The summed E-state index contributed by atoms with van der Waals surface area (Å²) in [7, 11) is 0. The van der Waals surface area contributed by atoms with Crippen molar-refractivity contribution in [3.63, 3.8) is 0 Å². The van der Waals surface area contributed by atoms with Crippen molar-refractivity contribution >= 4 is 11.8 Å². The van der Waals surface area contributed by atoms with Crippen molar-refractivity contribution in [3.05, 3.63) is 48.5 Å². The number of hydrogen-bond acceptors (Lipinski definition) is 3. The molecule has 0 heterocycles. The van der Waals surface area contributed by atoms with Gasteiger partial charge in [0.25, 0.3) is 0 Å². The molecule has 4 N–H and O–H groups in total. The number of benzene rings is 2. The zero-order valence-electron chi connectivity index (χ0n) is 9.22. The maximum absolute atomic E-state index is 9.49. The standard InChI is InChI=1S/C14H13NO2/c1-2-10-11(4-3-5-12(10)15)9-6-7-13(16)14(17)8-9/h2-8,16-17H,1,15H2. The Morgan fingerprint density at radius 1 is 1.06 bits per heavy atom. The smallest absolute Gasteiger partial charge is 0.158 e. The Morgan fingerprint density at radius 2 is 1.82 bits per heavy atom. The molecule has 0 amide bonds. The molecule has 0 fully saturated rings. The lowest BCUT2D eigenvalue weighted by Crippen LogP contribution is -1.91. The number of phenols is 2. The molecule has 86 valence electrons. The van der Waals surface area contributed by atoms with Crippen LogP contribution in [0.4, 0.5) is 5.69 Å². The maximum Gasteiger partial charge on any atom is 0.158 e. The highest BCUT2D eigenvalue weighted by Crippen LogP contribution is 2.34. The van der Waals surface area contributed by atoms with Crippen LogP contribution < -0.4 is 5.73 Å². The van der Waals surface area contributed by atoms with E-state index in [9.17, 15) is 10.2 Å². The van der Waals surface area contributed by atoms with E-state index in [4.69, 9.17) is 5.73 Å². The minimum Gasteiger partial charge on any atom is -0.504 e. The van der Waals surface area contributed by atoms with E-state index in [2.05, 4.69) is 6.58 Å². The molecular weight excluding hydrogens is 214 g/mol. The molecule has 0 aromatic heterocycles. The summed E-state index contributed by atoms with van der Waals surface area (Å²) in [6.07, 6.45) is 1.68. The second kappa shape index (κ2) is 4.22. The predicted molar refractivity (Wildman–Crippen MR) is 69.7 cm³/mol. The first-order chi connectivity index (χ1) is 8.13. The molecule has 3 nitrogen and oxygen atoms in total. The Bertz CT molecular complexity index is 576. The Hall–Kier alpha value is -2.42. The van der Waals surface area contributed by atoms with Crippen molar-refractivity contribution in [1.29, 1.82) is 0 Å². The average molecular weight is 227 g/mol. The Balaban J connectivity index is 2.64. The summed E-state index contributed by atoms with van der Waals surface area (Å²) in [6.45, 7) is 3.73. The zero-order valence-corrected chi connectivity index (χ0v) is 9.22. The molecule has 0 aliphatic rings. The number of nitrogens with two attached hydrogens (primary N) is 1. The third-order valence-electron chi connectivity index (χ3n) is 2.63. The fourth-order valence-corrected chi connectivity index (χ4v) is 1.75. The molecule has 2 aromatic rings. The van der Waals surface area contributed by atoms with Crippen LogP contribution in [-0.4, -0.2) is 10.2 Å². The van der Waals surface area contributed by atoms with E-state index in [1.165, 1.54) is 12.1 Å². The lowest BCUT2D eigenvalue weighted by molar-refractivity contribution is 0.404. The summed E-state index contributed by atoms with van der Waals surface area (Å²) in [4.78, 5) is 0. The van der Waals surface area contributed by atoms with Crippen LogP contribution in [0.1, 0.15) is 5.56 Å². The fourth-order valence-electron chi connectivity index (χ4n) is 1.75. The second-order valence-corrected chi connectivity index (χ2v) is 3.72. The number of aromatic hydroxyl groups is 2. The first-order valence-corrected chi connectivity index (χ1v) is 5.16. The van der Waals surface area contributed by atoms with E-state index in [-0.39, 0.29) is 11.5 Å². The minimum atomic E-state index is -0.153.